The average molecular weight is 446 g/mol. The largest absolute Gasteiger partial charge is 0.486 e. The number of ether oxygens (including phenoxy) is 1. The molecule has 0 unspecified atom stereocenters. The molecule has 5 nitrogen and oxygen atoms in total. The lowest BCUT2D eigenvalue weighted by Crippen LogP contribution is -1.93. The van der Waals surface area contributed by atoms with Crippen molar-refractivity contribution in [1.29, 1.82) is 0 Å². The van der Waals surface area contributed by atoms with Crippen molar-refractivity contribution in [2.45, 2.75) is 13.0 Å². The summed E-state index contributed by atoms with van der Waals surface area (Å²) < 4.78 is 18.1. The smallest absolute Gasteiger partial charge is 0.283 e. The summed E-state index contributed by atoms with van der Waals surface area (Å²) in [6.07, 6.45) is 0.508. The number of benzene rings is 2. The molecule has 0 fully saturated rings. The van der Waals surface area contributed by atoms with Gasteiger partial charge in [0.2, 0.25) is 5.89 Å². The molecule has 0 atom stereocenters. The summed E-state index contributed by atoms with van der Waals surface area (Å²) in [7, 11) is 0. The van der Waals surface area contributed by atoms with Crippen LogP contribution in [0.5, 0.6) is 5.75 Å². The van der Waals surface area contributed by atoms with E-state index in [1.54, 1.807) is 6.07 Å². The Hall–Kier alpha value is -2.57. The molecular weight excluding hydrogens is 432 g/mol. The first kappa shape index (κ1) is 17.8. The van der Waals surface area contributed by atoms with Crippen LogP contribution in [0.3, 0.4) is 0 Å². The van der Waals surface area contributed by atoms with Crippen molar-refractivity contribution in [2.24, 2.45) is 0 Å². The van der Waals surface area contributed by atoms with E-state index < -0.39 is 0 Å². The molecule has 2 aromatic carbocycles. The van der Waals surface area contributed by atoms with Gasteiger partial charge >= 0.3 is 0 Å². The maximum Gasteiger partial charge on any atom is 0.283 e. The van der Waals surface area contributed by atoms with Crippen LogP contribution in [0.25, 0.3) is 11.7 Å². The SMILES string of the molecule is Clc1cccc(Cc2nnc(-c3ccc(COc4ccc(Br)cc4)o3)o2)c1. The predicted molar refractivity (Wildman–Crippen MR) is 105 cm³/mol. The summed E-state index contributed by atoms with van der Waals surface area (Å²) in [4.78, 5) is 0. The summed E-state index contributed by atoms with van der Waals surface area (Å²) in [5.41, 5.74) is 1.00. The number of hydrogen-bond donors (Lipinski definition) is 0. The number of furan rings is 1. The molecule has 2 heterocycles. The number of rotatable bonds is 6. The van der Waals surface area contributed by atoms with E-state index in [4.69, 9.17) is 25.2 Å². The Balaban J connectivity index is 1.41. The third kappa shape index (κ3) is 4.59. The molecule has 0 saturated carbocycles. The first-order chi connectivity index (χ1) is 13.2. The number of halogens is 2. The maximum absolute atomic E-state index is 6.00. The van der Waals surface area contributed by atoms with Crippen LogP contribution < -0.4 is 4.74 Å². The molecule has 7 heteroatoms. The average Bonchev–Trinajstić information content (AvgIpc) is 3.31. The zero-order valence-electron chi connectivity index (χ0n) is 14.1. The first-order valence-electron chi connectivity index (χ1n) is 8.20. The fourth-order valence-corrected chi connectivity index (χ4v) is 2.98. The number of aromatic nitrogens is 2. The van der Waals surface area contributed by atoms with E-state index in [1.165, 1.54) is 0 Å². The van der Waals surface area contributed by atoms with Gasteiger partial charge in [0.05, 0.1) is 6.42 Å². The highest BCUT2D eigenvalue weighted by molar-refractivity contribution is 9.10. The van der Waals surface area contributed by atoms with Gasteiger partial charge in [-0.05, 0) is 54.1 Å². The van der Waals surface area contributed by atoms with Crippen molar-refractivity contribution in [3.63, 3.8) is 0 Å². The van der Waals surface area contributed by atoms with E-state index in [9.17, 15) is 0 Å². The van der Waals surface area contributed by atoms with Crippen molar-refractivity contribution in [2.75, 3.05) is 0 Å². The van der Waals surface area contributed by atoms with Crippen molar-refractivity contribution in [3.8, 4) is 17.4 Å². The molecule has 0 aliphatic carbocycles. The Morgan fingerprint density at radius 1 is 0.963 bits per heavy atom. The Bertz CT molecular complexity index is 1040. The van der Waals surface area contributed by atoms with Gasteiger partial charge in [0.25, 0.3) is 5.89 Å². The second-order valence-corrected chi connectivity index (χ2v) is 7.17. The predicted octanol–water partition coefficient (Wildman–Crippen LogP) is 5.92. The standard InChI is InChI=1S/C20H14BrClN2O3/c21-14-4-6-16(7-5-14)25-12-17-8-9-18(26-17)20-24-23-19(27-20)11-13-2-1-3-15(22)10-13/h1-10H,11-12H2. The Labute approximate surface area is 169 Å². The topological polar surface area (TPSA) is 61.3 Å². The molecule has 0 aliphatic rings. The maximum atomic E-state index is 6.00. The van der Waals surface area contributed by atoms with Crippen LogP contribution >= 0.6 is 27.5 Å². The molecule has 0 saturated heterocycles. The van der Waals surface area contributed by atoms with Crippen molar-refractivity contribution in [3.05, 3.63) is 87.4 Å². The molecule has 0 radical (unpaired) electrons. The Morgan fingerprint density at radius 3 is 2.63 bits per heavy atom. The fraction of sp³-hybridized carbons (Fsp3) is 0.100. The third-order valence-corrected chi connectivity index (χ3v) is 4.54. The number of hydrogen-bond acceptors (Lipinski definition) is 5. The summed E-state index contributed by atoms with van der Waals surface area (Å²) in [5, 5.41) is 8.80. The van der Waals surface area contributed by atoms with Crippen LogP contribution in [0, 0.1) is 0 Å². The second kappa shape index (κ2) is 7.98. The molecule has 0 N–H and O–H groups in total. The minimum Gasteiger partial charge on any atom is -0.486 e. The van der Waals surface area contributed by atoms with Gasteiger partial charge in [0.1, 0.15) is 18.1 Å². The zero-order chi connectivity index (χ0) is 18.6. The van der Waals surface area contributed by atoms with E-state index in [-0.39, 0.29) is 0 Å². The van der Waals surface area contributed by atoms with Gasteiger partial charge in [0, 0.05) is 9.50 Å². The van der Waals surface area contributed by atoms with Gasteiger partial charge in [-0.2, -0.15) is 0 Å². The van der Waals surface area contributed by atoms with Crippen molar-refractivity contribution < 1.29 is 13.6 Å². The molecule has 0 spiro atoms. The first-order valence-corrected chi connectivity index (χ1v) is 9.37. The van der Waals surface area contributed by atoms with Gasteiger partial charge in [-0.1, -0.05) is 39.7 Å². The van der Waals surface area contributed by atoms with Crippen molar-refractivity contribution >= 4 is 27.5 Å². The quantitative estimate of drug-likeness (QED) is 0.369. The zero-order valence-corrected chi connectivity index (χ0v) is 16.4. The van der Waals surface area contributed by atoms with Gasteiger partial charge in [-0.3, -0.25) is 0 Å². The minimum absolute atomic E-state index is 0.311. The van der Waals surface area contributed by atoms with Crippen LogP contribution in [0.4, 0.5) is 0 Å². The Morgan fingerprint density at radius 2 is 1.81 bits per heavy atom. The van der Waals surface area contributed by atoms with Crippen LogP contribution in [0.15, 0.2) is 74.0 Å². The normalized spacial score (nSPS) is 10.9. The molecule has 2 aromatic heterocycles. The van der Waals surface area contributed by atoms with Crippen LogP contribution in [-0.4, -0.2) is 10.2 Å². The third-order valence-electron chi connectivity index (χ3n) is 3.78. The van der Waals surface area contributed by atoms with E-state index in [1.807, 2.05) is 54.6 Å². The molecule has 0 amide bonds. The minimum atomic E-state index is 0.311. The van der Waals surface area contributed by atoms with E-state index in [2.05, 4.69) is 26.1 Å². The molecule has 0 aliphatic heterocycles. The highest BCUT2D eigenvalue weighted by Crippen LogP contribution is 2.24. The lowest BCUT2D eigenvalue weighted by Gasteiger charge is -2.03. The van der Waals surface area contributed by atoms with Gasteiger partial charge in [0.15, 0.2) is 5.76 Å². The highest BCUT2D eigenvalue weighted by atomic mass is 79.9. The van der Waals surface area contributed by atoms with Crippen LogP contribution in [-0.2, 0) is 13.0 Å². The van der Waals surface area contributed by atoms with Gasteiger partial charge in [-0.25, -0.2) is 0 Å². The number of nitrogens with zero attached hydrogens (tertiary/aromatic N) is 2. The molecule has 27 heavy (non-hydrogen) atoms. The molecule has 4 rings (SSSR count). The Kier molecular flexibility index (Phi) is 5.27. The summed E-state index contributed by atoms with van der Waals surface area (Å²) in [6.45, 7) is 0.311. The van der Waals surface area contributed by atoms with Crippen LogP contribution in [0.2, 0.25) is 5.02 Å². The molecular formula is C20H14BrClN2O3. The second-order valence-electron chi connectivity index (χ2n) is 5.82. The summed E-state index contributed by atoms with van der Waals surface area (Å²) in [5.74, 6) is 2.77. The molecule has 4 aromatic rings. The van der Waals surface area contributed by atoms with Gasteiger partial charge in [-0.15, -0.1) is 10.2 Å². The fourth-order valence-electron chi connectivity index (χ4n) is 2.50. The lowest BCUT2D eigenvalue weighted by molar-refractivity contribution is 0.271. The molecule has 136 valence electrons. The molecule has 0 bridgehead atoms. The summed E-state index contributed by atoms with van der Waals surface area (Å²) in [6, 6.07) is 18.8. The van der Waals surface area contributed by atoms with Crippen molar-refractivity contribution in [1.82, 2.24) is 10.2 Å². The van der Waals surface area contributed by atoms with E-state index in [0.29, 0.717) is 41.4 Å². The van der Waals surface area contributed by atoms with E-state index >= 15 is 0 Å². The van der Waals surface area contributed by atoms with E-state index in [0.717, 1.165) is 15.8 Å². The lowest BCUT2D eigenvalue weighted by atomic mass is 10.1. The van der Waals surface area contributed by atoms with Gasteiger partial charge < -0.3 is 13.6 Å². The van der Waals surface area contributed by atoms with Crippen LogP contribution in [0.1, 0.15) is 17.2 Å². The monoisotopic (exact) mass is 444 g/mol. The highest BCUT2D eigenvalue weighted by Gasteiger charge is 2.13. The summed E-state index contributed by atoms with van der Waals surface area (Å²) >= 11 is 9.39.